The average molecular weight is 890 g/mol. The van der Waals surface area contributed by atoms with Gasteiger partial charge in [-0.3, -0.25) is 43.6 Å². The van der Waals surface area contributed by atoms with Gasteiger partial charge in [-0.1, -0.05) is 43.2 Å². The third kappa shape index (κ3) is 18.6. The molecular formula is C40H63N11O10S. The first kappa shape index (κ1) is 50.9. The van der Waals surface area contributed by atoms with Gasteiger partial charge in [-0.25, -0.2) is 10.3 Å². The summed E-state index contributed by atoms with van der Waals surface area (Å²) in [7, 11) is 0. The second kappa shape index (κ2) is 27.5. The highest BCUT2D eigenvalue weighted by Crippen LogP contribution is 2.33. The van der Waals surface area contributed by atoms with Crippen molar-refractivity contribution in [3.63, 3.8) is 0 Å². The van der Waals surface area contributed by atoms with Crippen molar-refractivity contribution in [3.8, 4) is 0 Å². The number of hydrogen-bond donors (Lipinski definition) is 12. The van der Waals surface area contributed by atoms with Gasteiger partial charge in [-0.2, -0.15) is 11.8 Å². The Kier molecular flexibility index (Phi) is 22.5. The minimum atomic E-state index is -1.18. The number of urea groups is 1. The molecule has 0 saturated carbocycles. The summed E-state index contributed by atoms with van der Waals surface area (Å²) in [6.45, 7) is 1.10. The molecule has 1 aromatic rings. The van der Waals surface area contributed by atoms with Crippen molar-refractivity contribution in [2.75, 3.05) is 31.9 Å². The fraction of sp³-hybridized carbons (Fsp3) is 0.625. The number of primary amides is 1. The highest BCUT2D eigenvalue weighted by Gasteiger charge is 2.42. The van der Waals surface area contributed by atoms with Crippen LogP contribution in [0.3, 0.4) is 0 Å². The Morgan fingerprint density at radius 2 is 1.50 bits per heavy atom. The van der Waals surface area contributed by atoms with E-state index in [1.54, 1.807) is 30.3 Å². The van der Waals surface area contributed by atoms with Crippen molar-refractivity contribution in [2.45, 2.75) is 119 Å². The molecule has 22 heteroatoms. The highest BCUT2D eigenvalue weighted by molar-refractivity contribution is 8.00. The maximum absolute atomic E-state index is 13.3. The first-order valence-electron chi connectivity index (χ1n) is 21.1. The van der Waals surface area contributed by atoms with Gasteiger partial charge in [0.2, 0.25) is 47.3 Å². The Hall–Kier alpha value is -5.48. The van der Waals surface area contributed by atoms with E-state index in [9.17, 15) is 43.2 Å². The summed E-state index contributed by atoms with van der Waals surface area (Å²) in [5, 5.41) is 30.5. The number of benzene rings is 1. The van der Waals surface area contributed by atoms with E-state index in [4.69, 9.17) is 16.7 Å². The summed E-state index contributed by atoms with van der Waals surface area (Å²) in [4.78, 5) is 112. The van der Waals surface area contributed by atoms with Gasteiger partial charge in [0, 0.05) is 42.7 Å². The summed E-state index contributed by atoms with van der Waals surface area (Å²) in [6, 6.07) is 5.61. The van der Waals surface area contributed by atoms with Gasteiger partial charge in [0.05, 0.1) is 25.2 Å². The number of rotatable bonds is 29. The SMILES string of the molecule is C[C@H](NC(=O)C(CCCCN)CC(=O)NO)C(=O)N[C@@H](Cc1ccccc1)C(=O)NCC(=O)NCC(=O)N[C@@H](CCCCNC(=O)CCCC[C@@H]1SC[C@@H]2NC(=O)N[C@@H]21)C(N)=O. The molecule has 21 nitrogen and oxygen atoms in total. The Bertz CT molecular complexity index is 1690. The normalized spacial score (nSPS) is 18.3. The van der Waals surface area contributed by atoms with E-state index in [-0.39, 0.29) is 49.7 Å². The molecule has 1 aromatic carbocycles. The summed E-state index contributed by atoms with van der Waals surface area (Å²) in [6.07, 6.45) is 5.26. The lowest BCUT2D eigenvalue weighted by molar-refractivity contribution is -0.136. The van der Waals surface area contributed by atoms with Crippen LogP contribution in [0.1, 0.15) is 83.1 Å². The number of amides is 10. The predicted molar refractivity (Wildman–Crippen MR) is 229 cm³/mol. The minimum Gasteiger partial charge on any atom is -0.368 e. The van der Waals surface area contributed by atoms with Gasteiger partial charge in [-0.15, -0.1) is 0 Å². The van der Waals surface area contributed by atoms with Crippen molar-refractivity contribution in [3.05, 3.63) is 35.9 Å². The number of nitrogens with one attached hydrogen (secondary N) is 9. The van der Waals surface area contributed by atoms with Gasteiger partial charge in [-0.05, 0) is 64.0 Å². The van der Waals surface area contributed by atoms with Gasteiger partial charge in [0.15, 0.2) is 0 Å². The summed E-state index contributed by atoms with van der Waals surface area (Å²) < 4.78 is 0. The maximum atomic E-state index is 13.3. The van der Waals surface area contributed by atoms with Crippen LogP contribution >= 0.6 is 11.8 Å². The van der Waals surface area contributed by atoms with E-state index in [0.717, 1.165) is 25.0 Å². The lowest BCUT2D eigenvalue weighted by Gasteiger charge is -2.23. The number of nitrogens with two attached hydrogens (primary N) is 2. The van der Waals surface area contributed by atoms with Crippen molar-refractivity contribution in [1.82, 2.24) is 48.0 Å². The monoisotopic (exact) mass is 889 g/mol. The van der Waals surface area contributed by atoms with Gasteiger partial charge in [0.25, 0.3) is 0 Å². The standard InChI is InChI=1S/C40H63N11O10S/c1-24(46-38(58)26(13-7-9-17-41)20-32(53)51-61)37(57)48-28(19-25-11-3-2-4-12-25)39(59)45-21-33(54)44-22-34(55)47-27(36(42)56)14-8-10-18-43-31(52)16-6-5-15-30-35-29(23-62-30)49-40(60)50-35/h2-4,11-12,24,26-30,35,61H,5-10,13-23,41H2,1H3,(H2,42,56)(H,43,52)(H,44,54)(H,45,59)(H,46,58)(H,47,55)(H,48,57)(H,51,53)(H2,49,50,60)/t24-,26?,27-,28-,29-,30-,35-/m0/s1. The van der Waals surface area contributed by atoms with Crippen LogP contribution in [-0.2, 0) is 44.8 Å². The number of hydrogen-bond acceptors (Lipinski definition) is 12. The van der Waals surface area contributed by atoms with E-state index < -0.39 is 78.5 Å². The molecule has 0 radical (unpaired) electrons. The molecule has 2 aliphatic rings. The molecule has 0 aliphatic carbocycles. The number of carbonyl (C=O) groups is 9. The van der Waals surface area contributed by atoms with Crippen LogP contribution in [0, 0.1) is 5.92 Å². The topological polar surface area (TPSA) is 334 Å². The van der Waals surface area contributed by atoms with Crippen LogP contribution < -0.4 is 59.5 Å². The van der Waals surface area contributed by atoms with Crippen molar-refractivity contribution >= 4 is 65.1 Å². The molecule has 1 unspecified atom stereocenters. The van der Waals surface area contributed by atoms with E-state index >= 15 is 0 Å². The van der Waals surface area contributed by atoms with E-state index in [1.165, 1.54) is 12.4 Å². The summed E-state index contributed by atoms with van der Waals surface area (Å²) in [5.41, 5.74) is 13.2. The van der Waals surface area contributed by atoms with E-state index in [1.807, 2.05) is 11.8 Å². The second-order valence-electron chi connectivity index (χ2n) is 15.4. The number of carbonyl (C=O) groups excluding carboxylic acids is 9. The van der Waals surface area contributed by atoms with Crippen LogP contribution in [0.15, 0.2) is 30.3 Å². The zero-order chi connectivity index (χ0) is 45.4. The molecular weight excluding hydrogens is 827 g/mol. The Morgan fingerprint density at radius 1 is 0.774 bits per heavy atom. The lowest BCUT2D eigenvalue weighted by atomic mass is 9.96. The van der Waals surface area contributed by atoms with Crippen LogP contribution in [0.25, 0.3) is 0 Å². The first-order valence-corrected chi connectivity index (χ1v) is 22.1. The Morgan fingerprint density at radius 3 is 2.21 bits per heavy atom. The maximum Gasteiger partial charge on any atom is 0.315 e. The molecule has 2 aliphatic heterocycles. The largest absolute Gasteiger partial charge is 0.368 e. The third-order valence-corrected chi connectivity index (χ3v) is 12.0. The van der Waals surface area contributed by atoms with Crippen molar-refractivity contribution in [1.29, 1.82) is 0 Å². The number of thioether (sulfide) groups is 1. The molecule has 0 aromatic heterocycles. The first-order chi connectivity index (χ1) is 29.7. The molecule has 14 N–H and O–H groups in total. The minimum absolute atomic E-state index is 0.0326. The lowest BCUT2D eigenvalue weighted by Crippen LogP contribution is -2.55. The van der Waals surface area contributed by atoms with Crippen LogP contribution in [0.2, 0.25) is 0 Å². The van der Waals surface area contributed by atoms with Crippen molar-refractivity contribution in [2.24, 2.45) is 17.4 Å². The summed E-state index contributed by atoms with van der Waals surface area (Å²) >= 11 is 1.84. The van der Waals surface area contributed by atoms with Crippen LogP contribution in [-0.4, -0.2) is 126 Å². The van der Waals surface area contributed by atoms with Gasteiger partial charge in [0.1, 0.15) is 18.1 Å². The molecule has 344 valence electrons. The fourth-order valence-corrected chi connectivity index (χ4v) is 8.55. The predicted octanol–water partition coefficient (Wildman–Crippen LogP) is -1.93. The molecule has 2 saturated heterocycles. The molecule has 2 fully saturated rings. The van der Waals surface area contributed by atoms with E-state index in [0.29, 0.717) is 56.0 Å². The quantitative estimate of drug-likeness (QED) is 0.0181. The third-order valence-electron chi connectivity index (χ3n) is 10.5. The molecule has 2 heterocycles. The Labute approximate surface area is 365 Å². The molecule has 3 rings (SSSR count). The van der Waals surface area contributed by atoms with Crippen LogP contribution in [0.4, 0.5) is 4.79 Å². The average Bonchev–Trinajstić information content (AvgIpc) is 3.81. The summed E-state index contributed by atoms with van der Waals surface area (Å²) in [5.74, 6) is -5.03. The van der Waals surface area contributed by atoms with Crippen LogP contribution in [0.5, 0.6) is 0 Å². The zero-order valence-electron chi connectivity index (χ0n) is 35.1. The fourth-order valence-electron chi connectivity index (χ4n) is 7.01. The Balaban J connectivity index is 1.37. The highest BCUT2D eigenvalue weighted by atomic mass is 32.2. The van der Waals surface area contributed by atoms with Gasteiger partial charge < -0.3 is 54.0 Å². The molecule has 7 atom stereocenters. The molecule has 0 spiro atoms. The number of unbranched alkanes of at least 4 members (excludes halogenated alkanes) is 3. The van der Waals surface area contributed by atoms with Crippen molar-refractivity contribution < 1.29 is 48.4 Å². The second-order valence-corrected chi connectivity index (χ2v) is 16.7. The smallest absolute Gasteiger partial charge is 0.315 e. The number of hydroxylamine groups is 1. The van der Waals surface area contributed by atoms with Gasteiger partial charge >= 0.3 is 6.03 Å². The number of fused-ring (bicyclic) bond motifs is 1. The molecule has 62 heavy (non-hydrogen) atoms. The molecule has 10 amide bonds. The zero-order valence-corrected chi connectivity index (χ0v) is 35.9. The molecule has 0 bridgehead atoms. The van der Waals surface area contributed by atoms with E-state index in [2.05, 4.69) is 42.5 Å².